The van der Waals surface area contributed by atoms with Crippen LogP contribution in [0.4, 0.5) is 0 Å². The van der Waals surface area contributed by atoms with Gasteiger partial charge >= 0.3 is 0 Å². The van der Waals surface area contributed by atoms with Crippen molar-refractivity contribution in [1.82, 2.24) is 10.3 Å². The summed E-state index contributed by atoms with van der Waals surface area (Å²) in [7, 11) is 0. The van der Waals surface area contributed by atoms with E-state index < -0.39 is 0 Å². The maximum Gasteiger partial charge on any atom is 0.261 e. The highest BCUT2D eigenvalue weighted by Gasteiger charge is 2.16. The highest BCUT2D eigenvalue weighted by atomic mass is 16.2. The van der Waals surface area contributed by atoms with Crippen LogP contribution in [-0.4, -0.2) is 17.4 Å². The van der Waals surface area contributed by atoms with Gasteiger partial charge in [0.15, 0.2) is 0 Å². The summed E-state index contributed by atoms with van der Waals surface area (Å²) in [5.74, 6) is -0.298. The average molecular weight is 264 g/mol. The maximum atomic E-state index is 12.0. The summed E-state index contributed by atoms with van der Waals surface area (Å²) < 4.78 is 0. The molecule has 0 saturated carbocycles. The molecule has 0 aliphatic carbocycles. The van der Waals surface area contributed by atoms with Crippen LogP contribution in [0.1, 0.15) is 56.2 Å². The zero-order valence-corrected chi connectivity index (χ0v) is 12.5. The van der Waals surface area contributed by atoms with Crippen molar-refractivity contribution in [3.63, 3.8) is 0 Å². The summed E-state index contributed by atoms with van der Waals surface area (Å²) in [5.41, 5.74) is 1.85. The third-order valence-electron chi connectivity index (χ3n) is 2.97. The summed E-state index contributed by atoms with van der Waals surface area (Å²) in [6.45, 7) is 10.7. The highest BCUT2D eigenvalue weighted by molar-refractivity contribution is 5.94. The summed E-state index contributed by atoms with van der Waals surface area (Å²) in [6.07, 6.45) is 1.57. The number of rotatable bonds is 4. The molecule has 0 spiro atoms. The number of aryl methyl sites for hydroxylation is 2. The Morgan fingerprint density at radius 2 is 1.89 bits per heavy atom. The SMILES string of the molecule is CCc1cc(C(=O)NCC(C)(C)C)c(=O)[nH]c1CC. The van der Waals surface area contributed by atoms with E-state index in [4.69, 9.17) is 0 Å². The summed E-state index contributed by atoms with van der Waals surface area (Å²) >= 11 is 0. The summed E-state index contributed by atoms with van der Waals surface area (Å²) in [6, 6.07) is 1.72. The number of carbonyl (C=O) groups is 1. The van der Waals surface area contributed by atoms with Crippen LogP contribution < -0.4 is 10.9 Å². The molecule has 0 unspecified atom stereocenters. The fourth-order valence-electron chi connectivity index (χ4n) is 1.85. The number of hydrogen-bond donors (Lipinski definition) is 2. The first-order valence-electron chi connectivity index (χ1n) is 6.81. The Labute approximate surface area is 114 Å². The second-order valence-electron chi connectivity index (χ2n) is 5.97. The Kier molecular flexibility index (Phi) is 4.92. The number of hydrogen-bond acceptors (Lipinski definition) is 2. The van der Waals surface area contributed by atoms with Gasteiger partial charge in [-0.3, -0.25) is 9.59 Å². The number of aromatic amines is 1. The molecule has 0 fully saturated rings. The molecule has 0 aliphatic heterocycles. The first kappa shape index (κ1) is 15.5. The quantitative estimate of drug-likeness (QED) is 0.876. The molecular formula is C15H24N2O2. The van der Waals surface area contributed by atoms with Gasteiger partial charge in [-0.1, -0.05) is 34.6 Å². The van der Waals surface area contributed by atoms with E-state index in [-0.39, 0.29) is 22.4 Å². The Morgan fingerprint density at radius 1 is 1.26 bits per heavy atom. The molecule has 19 heavy (non-hydrogen) atoms. The number of amides is 1. The van der Waals surface area contributed by atoms with E-state index >= 15 is 0 Å². The van der Waals surface area contributed by atoms with Gasteiger partial charge in [0.25, 0.3) is 11.5 Å². The monoisotopic (exact) mass is 264 g/mol. The lowest BCUT2D eigenvalue weighted by molar-refractivity contribution is 0.0937. The lowest BCUT2D eigenvalue weighted by atomic mass is 9.97. The molecule has 106 valence electrons. The normalized spacial score (nSPS) is 11.4. The molecule has 1 aromatic rings. The highest BCUT2D eigenvalue weighted by Crippen LogP contribution is 2.11. The van der Waals surface area contributed by atoms with Gasteiger partial charge in [-0.25, -0.2) is 0 Å². The molecule has 0 aromatic carbocycles. The van der Waals surface area contributed by atoms with E-state index in [1.165, 1.54) is 0 Å². The molecule has 4 nitrogen and oxygen atoms in total. The van der Waals surface area contributed by atoms with Gasteiger partial charge in [-0.2, -0.15) is 0 Å². The molecule has 0 bridgehead atoms. The fourth-order valence-corrected chi connectivity index (χ4v) is 1.85. The molecular weight excluding hydrogens is 240 g/mol. The summed E-state index contributed by atoms with van der Waals surface area (Å²) in [5, 5.41) is 2.81. The van der Waals surface area contributed by atoms with Crippen LogP contribution in [0, 0.1) is 5.41 Å². The fraction of sp³-hybridized carbons (Fsp3) is 0.600. The van der Waals surface area contributed by atoms with Crippen molar-refractivity contribution < 1.29 is 4.79 Å². The van der Waals surface area contributed by atoms with E-state index in [1.807, 2.05) is 34.6 Å². The van der Waals surface area contributed by atoms with Crippen LogP contribution in [0.15, 0.2) is 10.9 Å². The van der Waals surface area contributed by atoms with Crippen LogP contribution in [0.3, 0.4) is 0 Å². The minimum absolute atomic E-state index is 0.000628. The molecule has 1 aromatic heterocycles. The first-order chi connectivity index (χ1) is 8.78. The Hall–Kier alpha value is -1.58. The Balaban J connectivity index is 3.01. The number of carbonyl (C=O) groups excluding carboxylic acids is 1. The van der Waals surface area contributed by atoms with E-state index in [1.54, 1.807) is 6.07 Å². The molecule has 0 radical (unpaired) electrons. The van der Waals surface area contributed by atoms with Crippen molar-refractivity contribution in [3.8, 4) is 0 Å². The lowest BCUT2D eigenvalue weighted by Crippen LogP contribution is -2.35. The summed E-state index contributed by atoms with van der Waals surface area (Å²) in [4.78, 5) is 26.8. The standard InChI is InChI=1S/C15H24N2O2/c1-6-10-8-11(14(19)17-12(10)7-2)13(18)16-9-15(3,4)5/h8H,6-7,9H2,1-5H3,(H,16,18)(H,17,19). The topological polar surface area (TPSA) is 62.0 Å². The Bertz CT molecular complexity index is 510. The number of pyridine rings is 1. The molecule has 0 saturated heterocycles. The largest absolute Gasteiger partial charge is 0.351 e. The number of aromatic nitrogens is 1. The smallest absolute Gasteiger partial charge is 0.261 e. The lowest BCUT2D eigenvalue weighted by Gasteiger charge is -2.18. The minimum Gasteiger partial charge on any atom is -0.351 e. The minimum atomic E-state index is -0.305. The molecule has 1 rings (SSSR count). The van der Waals surface area contributed by atoms with Crippen molar-refractivity contribution in [2.75, 3.05) is 6.54 Å². The van der Waals surface area contributed by atoms with Crippen LogP contribution in [0.5, 0.6) is 0 Å². The third kappa shape index (κ3) is 4.23. The van der Waals surface area contributed by atoms with Gasteiger partial charge in [0, 0.05) is 12.2 Å². The van der Waals surface area contributed by atoms with Gasteiger partial charge in [0.1, 0.15) is 5.56 Å². The van der Waals surface area contributed by atoms with Gasteiger partial charge in [-0.05, 0) is 29.9 Å². The van der Waals surface area contributed by atoms with Gasteiger partial charge in [-0.15, -0.1) is 0 Å². The van der Waals surface area contributed by atoms with Crippen LogP contribution in [-0.2, 0) is 12.8 Å². The molecule has 0 atom stereocenters. The van der Waals surface area contributed by atoms with E-state index in [0.717, 1.165) is 24.1 Å². The molecule has 0 aliphatic rings. The van der Waals surface area contributed by atoms with Gasteiger partial charge < -0.3 is 10.3 Å². The average Bonchev–Trinajstić information content (AvgIpc) is 2.34. The van der Waals surface area contributed by atoms with Crippen molar-refractivity contribution in [3.05, 3.63) is 33.2 Å². The molecule has 4 heteroatoms. The van der Waals surface area contributed by atoms with Crippen LogP contribution >= 0.6 is 0 Å². The van der Waals surface area contributed by atoms with Gasteiger partial charge in [0.05, 0.1) is 0 Å². The van der Waals surface area contributed by atoms with Crippen molar-refractivity contribution in [2.45, 2.75) is 47.5 Å². The van der Waals surface area contributed by atoms with Crippen LogP contribution in [0.2, 0.25) is 0 Å². The number of H-pyrrole nitrogens is 1. The molecule has 2 N–H and O–H groups in total. The predicted molar refractivity (Wildman–Crippen MR) is 77.6 cm³/mol. The van der Waals surface area contributed by atoms with E-state index in [9.17, 15) is 9.59 Å². The number of nitrogens with one attached hydrogen (secondary N) is 2. The first-order valence-corrected chi connectivity index (χ1v) is 6.81. The van der Waals surface area contributed by atoms with E-state index in [0.29, 0.717) is 6.54 Å². The zero-order valence-electron chi connectivity index (χ0n) is 12.5. The van der Waals surface area contributed by atoms with Crippen molar-refractivity contribution in [1.29, 1.82) is 0 Å². The maximum absolute atomic E-state index is 12.0. The molecule has 1 amide bonds. The predicted octanol–water partition coefficient (Wildman–Crippen LogP) is 2.28. The van der Waals surface area contributed by atoms with Gasteiger partial charge in [0.2, 0.25) is 0 Å². The second kappa shape index (κ2) is 6.04. The third-order valence-corrected chi connectivity index (χ3v) is 2.97. The van der Waals surface area contributed by atoms with Crippen molar-refractivity contribution >= 4 is 5.91 Å². The van der Waals surface area contributed by atoms with Crippen molar-refractivity contribution in [2.24, 2.45) is 5.41 Å². The zero-order chi connectivity index (χ0) is 14.6. The van der Waals surface area contributed by atoms with Crippen LogP contribution in [0.25, 0.3) is 0 Å². The molecule has 1 heterocycles. The van der Waals surface area contributed by atoms with E-state index in [2.05, 4.69) is 10.3 Å². The Morgan fingerprint density at radius 3 is 2.37 bits per heavy atom. The second-order valence-corrected chi connectivity index (χ2v) is 5.97.